The first-order valence-corrected chi connectivity index (χ1v) is 7.36. The smallest absolute Gasteiger partial charge is 0.183 e. The van der Waals surface area contributed by atoms with Gasteiger partial charge in [0, 0.05) is 22.1 Å². The van der Waals surface area contributed by atoms with Crippen LogP contribution >= 0.6 is 22.9 Å². The second-order valence-electron chi connectivity index (χ2n) is 4.30. The molecule has 2 heterocycles. The molecule has 2 aromatic heterocycles. The van der Waals surface area contributed by atoms with Gasteiger partial charge in [-0.3, -0.25) is 4.68 Å². The summed E-state index contributed by atoms with van der Waals surface area (Å²) < 4.78 is 2.35. The molecule has 0 aliphatic carbocycles. The minimum atomic E-state index is 0.0862. The molecule has 0 atom stereocenters. The van der Waals surface area contributed by atoms with Crippen molar-refractivity contribution < 1.29 is 5.11 Å². The Bertz CT molecular complexity index is 724. The highest BCUT2D eigenvalue weighted by atomic mass is 35.5. The number of anilines is 1. The molecule has 5 nitrogen and oxygen atoms in total. The Balaban J connectivity index is 1.75. The molecule has 0 radical (unpaired) electrons. The highest BCUT2D eigenvalue weighted by Crippen LogP contribution is 2.22. The first kappa shape index (κ1) is 13.4. The topological polar surface area (TPSA) is 63.0 Å². The van der Waals surface area contributed by atoms with Gasteiger partial charge >= 0.3 is 0 Å². The van der Waals surface area contributed by atoms with Crippen LogP contribution in [0.3, 0.4) is 0 Å². The molecule has 0 aliphatic heterocycles. The van der Waals surface area contributed by atoms with E-state index in [2.05, 4.69) is 15.4 Å². The third-order valence-electron chi connectivity index (χ3n) is 2.95. The molecular formula is C13H13ClN4OS. The van der Waals surface area contributed by atoms with Crippen LogP contribution in [0.5, 0.6) is 0 Å². The van der Waals surface area contributed by atoms with Gasteiger partial charge in [0.2, 0.25) is 0 Å². The molecule has 0 amide bonds. The van der Waals surface area contributed by atoms with Crippen molar-refractivity contribution in [2.45, 2.75) is 13.1 Å². The summed E-state index contributed by atoms with van der Waals surface area (Å²) in [6.45, 7) is 1.29. The molecule has 0 fully saturated rings. The standard InChI is InChI=1S/C13H13ClN4OS/c14-13-16-8-11(20-13)7-15-10-1-2-12-9(5-10)6-17-18(12)3-4-19/h1-2,5-6,8,15,19H,3-4,7H2. The monoisotopic (exact) mass is 308 g/mol. The van der Waals surface area contributed by atoms with Crippen LogP contribution in [-0.4, -0.2) is 26.5 Å². The van der Waals surface area contributed by atoms with E-state index >= 15 is 0 Å². The number of aromatic nitrogens is 3. The fourth-order valence-corrected chi connectivity index (χ4v) is 2.94. The number of aliphatic hydroxyl groups is 1. The molecule has 20 heavy (non-hydrogen) atoms. The van der Waals surface area contributed by atoms with E-state index in [4.69, 9.17) is 16.7 Å². The number of aliphatic hydroxyl groups excluding tert-OH is 1. The third kappa shape index (κ3) is 2.77. The van der Waals surface area contributed by atoms with Gasteiger partial charge in [-0.15, -0.1) is 11.3 Å². The van der Waals surface area contributed by atoms with Crippen molar-refractivity contribution in [1.29, 1.82) is 0 Å². The molecule has 2 N–H and O–H groups in total. The van der Waals surface area contributed by atoms with Gasteiger partial charge in [-0.05, 0) is 18.2 Å². The molecule has 7 heteroatoms. The van der Waals surface area contributed by atoms with E-state index in [1.54, 1.807) is 17.1 Å². The molecule has 3 aromatic rings. The predicted octanol–water partition coefficient (Wildman–Crippen LogP) is 2.75. The number of rotatable bonds is 5. The van der Waals surface area contributed by atoms with Gasteiger partial charge in [-0.1, -0.05) is 11.6 Å². The molecule has 3 rings (SSSR count). The van der Waals surface area contributed by atoms with Gasteiger partial charge in [-0.25, -0.2) is 4.98 Å². The lowest BCUT2D eigenvalue weighted by Crippen LogP contribution is -2.03. The molecule has 1 aromatic carbocycles. The highest BCUT2D eigenvalue weighted by molar-refractivity contribution is 7.15. The van der Waals surface area contributed by atoms with Crippen molar-refractivity contribution in [3.05, 3.63) is 39.9 Å². The van der Waals surface area contributed by atoms with Crippen LogP contribution in [0, 0.1) is 0 Å². The summed E-state index contributed by atoms with van der Waals surface area (Å²) in [6, 6.07) is 6.04. The van der Waals surface area contributed by atoms with E-state index in [1.165, 1.54) is 11.3 Å². The number of hydrogen-bond donors (Lipinski definition) is 2. The number of hydrogen-bond acceptors (Lipinski definition) is 5. The average Bonchev–Trinajstić information content (AvgIpc) is 3.04. The van der Waals surface area contributed by atoms with Crippen molar-refractivity contribution in [3.63, 3.8) is 0 Å². The lowest BCUT2D eigenvalue weighted by Gasteiger charge is -2.05. The van der Waals surface area contributed by atoms with Crippen molar-refractivity contribution in [1.82, 2.24) is 14.8 Å². The summed E-state index contributed by atoms with van der Waals surface area (Å²) in [7, 11) is 0. The summed E-state index contributed by atoms with van der Waals surface area (Å²) in [6.07, 6.45) is 3.58. The number of thiazole rings is 1. The van der Waals surface area contributed by atoms with Crippen LogP contribution in [0.4, 0.5) is 5.69 Å². The van der Waals surface area contributed by atoms with Gasteiger partial charge in [-0.2, -0.15) is 5.10 Å². The van der Waals surface area contributed by atoms with E-state index in [0.29, 0.717) is 17.6 Å². The quantitative estimate of drug-likeness (QED) is 0.761. The van der Waals surface area contributed by atoms with Crippen LogP contribution in [0.25, 0.3) is 10.9 Å². The lowest BCUT2D eigenvalue weighted by molar-refractivity contribution is 0.271. The molecule has 0 bridgehead atoms. The first-order chi connectivity index (χ1) is 9.76. The second kappa shape index (κ2) is 5.78. The van der Waals surface area contributed by atoms with E-state index in [-0.39, 0.29) is 6.61 Å². The van der Waals surface area contributed by atoms with E-state index in [9.17, 15) is 0 Å². The second-order valence-corrected chi connectivity index (χ2v) is 6.00. The summed E-state index contributed by atoms with van der Waals surface area (Å²) in [5.41, 5.74) is 2.04. The van der Waals surface area contributed by atoms with Crippen LogP contribution in [0.2, 0.25) is 4.47 Å². The van der Waals surface area contributed by atoms with Crippen LogP contribution in [0.1, 0.15) is 4.88 Å². The maximum atomic E-state index is 8.98. The minimum absolute atomic E-state index is 0.0862. The Hall–Kier alpha value is -1.63. The van der Waals surface area contributed by atoms with Gasteiger partial charge in [0.25, 0.3) is 0 Å². The molecule has 0 spiro atoms. The van der Waals surface area contributed by atoms with E-state index in [0.717, 1.165) is 21.5 Å². The van der Waals surface area contributed by atoms with Crippen LogP contribution in [0.15, 0.2) is 30.6 Å². The predicted molar refractivity (Wildman–Crippen MR) is 81.3 cm³/mol. The Morgan fingerprint density at radius 3 is 3.00 bits per heavy atom. The Morgan fingerprint density at radius 1 is 1.35 bits per heavy atom. The van der Waals surface area contributed by atoms with E-state index < -0.39 is 0 Å². The SMILES string of the molecule is OCCn1ncc2cc(NCc3cnc(Cl)s3)ccc21. The fraction of sp³-hybridized carbons (Fsp3) is 0.231. The number of benzene rings is 1. The molecule has 0 aliphatic rings. The Kier molecular flexibility index (Phi) is 3.86. The summed E-state index contributed by atoms with van der Waals surface area (Å²) >= 11 is 7.27. The van der Waals surface area contributed by atoms with Gasteiger partial charge < -0.3 is 10.4 Å². The van der Waals surface area contributed by atoms with Gasteiger partial charge in [0.15, 0.2) is 4.47 Å². The summed E-state index contributed by atoms with van der Waals surface area (Å²) in [5.74, 6) is 0. The average molecular weight is 309 g/mol. The Labute approximate surface area is 124 Å². The van der Waals surface area contributed by atoms with Gasteiger partial charge in [0.1, 0.15) is 0 Å². The fourth-order valence-electron chi connectivity index (χ4n) is 2.02. The molecule has 104 valence electrons. The lowest BCUT2D eigenvalue weighted by atomic mass is 10.2. The van der Waals surface area contributed by atoms with Crippen LogP contribution in [-0.2, 0) is 13.1 Å². The number of halogens is 1. The largest absolute Gasteiger partial charge is 0.394 e. The molecule has 0 saturated carbocycles. The van der Waals surface area contributed by atoms with Gasteiger partial charge in [0.05, 0.1) is 31.4 Å². The third-order valence-corrected chi connectivity index (χ3v) is 4.06. The minimum Gasteiger partial charge on any atom is -0.394 e. The molecular weight excluding hydrogens is 296 g/mol. The van der Waals surface area contributed by atoms with Crippen molar-refractivity contribution in [3.8, 4) is 0 Å². The van der Waals surface area contributed by atoms with E-state index in [1.807, 2.05) is 18.2 Å². The zero-order valence-corrected chi connectivity index (χ0v) is 12.2. The molecule has 0 unspecified atom stereocenters. The van der Waals surface area contributed by atoms with Crippen molar-refractivity contribution >= 4 is 39.5 Å². The van der Waals surface area contributed by atoms with Crippen molar-refractivity contribution in [2.24, 2.45) is 0 Å². The number of nitrogens with zero attached hydrogens (tertiary/aromatic N) is 3. The van der Waals surface area contributed by atoms with Crippen molar-refractivity contribution in [2.75, 3.05) is 11.9 Å². The maximum absolute atomic E-state index is 8.98. The highest BCUT2D eigenvalue weighted by Gasteiger charge is 2.04. The zero-order valence-electron chi connectivity index (χ0n) is 10.6. The number of fused-ring (bicyclic) bond motifs is 1. The first-order valence-electron chi connectivity index (χ1n) is 6.17. The Morgan fingerprint density at radius 2 is 2.25 bits per heavy atom. The molecule has 0 saturated heterocycles. The maximum Gasteiger partial charge on any atom is 0.183 e. The van der Waals surface area contributed by atoms with Crippen LogP contribution < -0.4 is 5.32 Å². The summed E-state index contributed by atoms with van der Waals surface area (Å²) in [4.78, 5) is 5.10. The zero-order chi connectivity index (χ0) is 13.9. The number of nitrogens with one attached hydrogen (secondary N) is 1. The normalized spacial score (nSPS) is 11.1. The summed E-state index contributed by atoms with van der Waals surface area (Å²) in [5, 5.41) is 17.6.